The molecule has 0 aliphatic heterocycles. The van der Waals surface area contributed by atoms with E-state index in [1.807, 2.05) is 0 Å². The van der Waals surface area contributed by atoms with Crippen LogP contribution in [0.2, 0.25) is 5.02 Å². The Bertz CT molecular complexity index is 888. The van der Waals surface area contributed by atoms with E-state index in [0.29, 0.717) is 5.56 Å². The first kappa shape index (κ1) is 19.9. The van der Waals surface area contributed by atoms with E-state index in [9.17, 15) is 19.4 Å². The summed E-state index contributed by atoms with van der Waals surface area (Å²) in [7, 11) is 0. The SMILES string of the molecule is C[C@]1(O)CC[C@@](F)(C(=O)CCc2c(Cl)cc(F)cc2CO)c2cccnc21. The monoisotopic (exact) mass is 395 g/mol. The van der Waals surface area contributed by atoms with Crippen LogP contribution in [0.4, 0.5) is 8.78 Å². The third kappa shape index (κ3) is 3.61. The number of alkyl halides is 1. The first-order chi connectivity index (χ1) is 12.7. The first-order valence-electron chi connectivity index (χ1n) is 8.67. The van der Waals surface area contributed by atoms with Gasteiger partial charge in [0.25, 0.3) is 0 Å². The molecule has 4 nitrogen and oxygen atoms in total. The van der Waals surface area contributed by atoms with Crippen molar-refractivity contribution in [2.75, 3.05) is 0 Å². The van der Waals surface area contributed by atoms with Crippen LogP contribution in [-0.4, -0.2) is 21.0 Å². The second-order valence-corrected chi connectivity index (χ2v) is 7.49. The van der Waals surface area contributed by atoms with Gasteiger partial charge in [-0.15, -0.1) is 0 Å². The Labute approximate surface area is 160 Å². The number of carbonyl (C=O) groups excluding carboxylic acids is 1. The molecule has 2 atom stereocenters. The number of aliphatic hydroxyl groups excluding tert-OH is 1. The zero-order chi connectivity index (χ0) is 19.8. The van der Waals surface area contributed by atoms with Crippen LogP contribution in [0.5, 0.6) is 0 Å². The fraction of sp³-hybridized carbons (Fsp3) is 0.400. The summed E-state index contributed by atoms with van der Waals surface area (Å²) in [6.45, 7) is 1.12. The van der Waals surface area contributed by atoms with E-state index in [2.05, 4.69) is 4.98 Å². The molecule has 1 aliphatic carbocycles. The van der Waals surface area contributed by atoms with E-state index in [4.69, 9.17) is 11.6 Å². The third-order valence-electron chi connectivity index (χ3n) is 5.17. The second kappa shape index (κ2) is 7.26. The number of Topliss-reactive ketones (excluding diaryl/α,β-unsaturated/α-hetero) is 1. The van der Waals surface area contributed by atoms with Crippen LogP contribution in [0, 0.1) is 5.82 Å². The summed E-state index contributed by atoms with van der Waals surface area (Å²) in [4.78, 5) is 16.9. The fourth-order valence-electron chi connectivity index (χ4n) is 3.63. The van der Waals surface area contributed by atoms with Crippen molar-refractivity contribution in [3.63, 3.8) is 0 Å². The summed E-state index contributed by atoms with van der Waals surface area (Å²) in [6, 6.07) is 5.25. The van der Waals surface area contributed by atoms with Crippen molar-refractivity contribution < 1.29 is 23.8 Å². The van der Waals surface area contributed by atoms with Crippen molar-refractivity contribution in [3.05, 3.63) is 63.7 Å². The average molecular weight is 396 g/mol. The van der Waals surface area contributed by atoms with Crippen molar-refractivity contribution in [2.24, 2.45) is 0 Å². The van der Waals surface area contributed by atoms with Gasteiger partial charge in [0.2, 0.25) is 0 Å². The number of nitrogens with zero attached hydrogens (tertiary/aromatic N) is 1. The zero-order valence-corrected chi connectivity index (χ0v) is 15.6. The van der Waals surface area contributed by atoms with Gasteiger partial charge in [-0.2, -0.15) is 0 Å². The number of fused-ring (bicyclic) bond motifs is 1. The van der Waals surface area contributed by atoms with E-state index in [-0.39, 0.29) is 47.5 Å². The highest BCUT2D eigenvalue weighted by molar-refractivity contribution is 6.31. The van der Waals surface area contributed by atoms with Crippen LogP contribution < -0.4 is 0 Å². The van der Waals surface area contributed by atoms with Crippen LogP contribution in [0.25, 0.3) is 0 Å². The van der Waals surface area contributed by atoms with Crippen LogP contribution >= 0.6 is 11.6 Å². The molecule has 1 heterocycles. The van der Waals surface area contributed by atoms with Gasteiger partial charge in [0.05, 0.1) is 12.3 Å². The lowest BCUT2D eigenvalue weighted by Gasteiger charge is -2.37. The van der Waals surface area contributed by atoms with Crippen LogP contribution in [0.1, 0.15) is 48.6 Å². The fourth-order valence-corrected chi connectivity index (χ4v) is 3.95. The van der Waals surface area contributed by atoms with Gasteiger partial charge >= 0.3 is 0 Å². The number of aromatic nitrogens is 1. The number of aliphatic hydroxyl groups is 2. The topological polar surface area (TPSA) is 70.4 Å². The highest BCUT2D eigenvalue weighted by atomic mass is 35.5. The predicted octanol–water partition coefficient (Wildman–Crippen LogP) is 3.73. The van der Waals surface area contributed by atoms with Crippen molar-refractivity contribution in [1.82, 2.24) is 4.98 Å². The van der Waals surface area contributed by atoms with Gasteiger partial charge in [-0.05, 0) is 55.5 Å². The molecule has 0 spiro atoms. The molecule has 3 rings (SSSR count). The maximum Gasteiger partial charge on any atom is 0.195 e. The minimum atomic E-state index is -2.25. The molecule has 0 saturated heterocycles. The van der Waals surface area contributed by atoms with Gasteiger partial charge in [-0.1, -0.05) is 17.7 Å². The van der Waals surface area contributed by atoms with Crippen LogP contribution in [0.15, 0.2) is 30.5 Å². The number of hydrogen-bond donors (Lipinski definition) is 2. The Morgan fingerprint density at radius 2 is 2.11 bits per heavy atom. The summed E-state index contributed by atoms with van der Waals surface area (Å²) in [5, 5.41) is 19.9. The van der Waals surface area contributed by atoms with E-state index >= 15 is 4.39 Å². The number of ketones is 1. The highest BCUT2D eigenvalue weighted by Crippen LogP contribution is 2.46. The first-order valence-corrected chi connectivity index (χ1v) is 9.05. The van der Waals surface area contributed by atoms with E-state index < -0.39 is 29.5 Å². The number of halogens is 3. The Kier molecular flexibility index (Phi) is 5.34. The summed E-state index contributed by atoms with van der Waals surface area (Å²) in [5.41, 5.74) is -2.60. The number of carbonyl (C=O) groups is 1. The number of hydrogen-bond acceptors (Lipinski definition) is 4. The zero-order valence-electron chi connectivity index (χ0n) is 14.8. The lowest BCUT2D eigenvalue weighted by Crippen LogP contribution is -2.42. The van der Waals surface area contributed by atoms with Crippen molar-refractivity contribution in [2.45, 2.75) is 50.5 Å². The minimum absolute atomic E-state index is 0.0679. The van der Waals surface area contributed by atoms with E-state index in [1.165, 1.54) is 18.3 Å². The molecule has 0 radical (unpaired) electrons. The summed E-state index contributed by atoms with van der Waals surface area (Å²) >= 11 is 6.04. The Hall–Kier alpha value is -1.89. The van der Waals surface area contributed by atoms with Crippen LogP contribution in [-0.2, 0) is 29.1 Å². The molecule has 0 bridgehead atoms. The molecule has 1 aliphatic rings. The van der Waals surface area contributed by atoms with Gasteiger partial charge in [0.1, 0.15) is 11.4 Å². The highest BCUT2D eigenvalue weighted by Gasteiger charge is 2.49. The lowest BCUT2D eigenvalue weighted by molar-refractivity contribution is -0.134. The standard InChI is InChI=1S/C20H20ClF2NO3/c1-19(27)6-7-20(23,15-3-2-8-24-18(15)19)17(26)5-4-14-12(11-25)9-13(22)10-16(14)21/h2-3,8-10,25,27H,4-7,11H2,1H3/t19-,20-/m0/s1. The van der Waals surface area contributed by atoms with Crippen molar-refractivity contribution in [3.8, 4) is 0 Å². The lowest BCUT2D eigenvalue weighted by atomic mass is 9.73. The van der Waals surface area contributed by atoms with Gasteiger partial charge in [0.15, 0.2) is 11.5 Å². The molecule has 0 saturated carbocycles. The molecule has 2 N–H and O–H groups in total. The molecule has 7 heteroatoms. The number of pyridine rings is 1. The minimum Gasteiger partial charge on any atom is -0.392 e. The molecule has 0 unspecified atom stereocenters. The third-order valence-corrected chi connectivity index (χ3v) is 5.51. The molecule has 144 valence electrons. The summed E-state index contributed by atoms with van der Waals surface area (Å²) < 4.78 is 29.1. The van der Waals surface area contributed by atoms with Gasteiger partial charge < -0.3 is 10.2 Å². The Balaban J connectivity index is 1.87. The number of benzene rings is 1. The number of rotatable bonds is 5. The second-order valence-electron chi connectivity index (χ2n) is 7.08. The maximum absolute atomic E-state index is 15.7. The van der Waals surface area contributed by atoms with Crippen molar-refractivity contribution >= 4 is 17.4 Å². The van der Waals surface area contributed by atoms with Crippen LogP contribution in [0.3, 0.4) is 0 Å². The van der Waals surface area contributed by atoms with Gasteiger partial charge in [-0.3, -0.25) is 9.78 Å². The Morgan fingerprint density at radius 3 is 2.81 bits per heavy atom. The van der Waals surface area contributed by atoms with Gasteiger partial charge in [-0.25, -0.2) is 8.78 Å². The molecular formula is C20H20ClF2NO3. The predicted molar refractivity (Wildman–Crippen MR) is 96.5 cm³/mol. The van der Waals surface area contributed by atoms with Gasteiger partial charge in [0, 0.05) is 23.2 Å². The average Bonchev–Trinajstić information content (AvgIpc) is 2.63. The Morgan fingerprint density at radius 1 is 1.37 bits per heavy atom. The van der Waals surface area contributed by atoms with E-state index in [1.54, 1.807) is 6.92 Å². The summed E-state index contributed by atoms with van der Waals surface area (Å²) in [6.07, 6.45) is 1.27. The maximum atomic E-state index is 15.7. The van der Waals surface area contributed by atoms with Crippen molar-refractivity contribution in [1.29, 1.82) is 0 Å². The molecule has 2 aromatic rings. The van der Waals surface area contributed by atoms with E-state index in [0.717, 1.165) is 12.1 Å². The molecule has 0 fully saturated rings. The summed E-state index contributed by atoms with van der Waals surface area (Å²) in [5.74, 6) is -1.24. The normalized spacial score (nSPS) is 24.5. The molecular weight excluding hydrogens is 376 g/mol. The molecule has 27 heavy (non-hydrogen) atoms. The molecule has 1 aromatic carbocycles. The molecule has 0 amide bonds. The quantitative estimate of drug-likeness (QED) is 0.809. The molecule has 1 aromatic heterocycles. The smallest absolute Gasteiger partial charge is 0.195 e. The largest absolute Gasteiger partial charge is 0.392 e.